The Hall–Kier alpha value is -3.09. The average Bonchev–Trinajstić information content (AvgIpc) is 2.73. The van der Waals surface area contributed by atoms with Gasteiger partial charge in [0.1, 0.15) is 18.0 Å². The number of nitrogens with zero attached hydrogens (tertiary/aromatic N) is 2. The van der Waals surface area contributed by atoms with Crippen LogP contribution in [0.5, 0.6) is 5.75 Å². The highest BCUT2D eigenvalue weighted by Crippen LogP contribution is 2.20. The molecular weight excluding hydrogens is 361 g/mol. The lowest BCUT2D eigenvalue weighted by Crippen LogP contribution is -2.49. The minimum Gasteiger partial charge on any atom is -0.497 e. The summed E-state index contributed by atoms with van der Waals surface area (Å²) >= 11 is 0. The Kier molecular flexibility index (Phi) is 6.47. The van der Waals surface area contributed by atoms with Gasteiger partial charge in [-0.25, -0.2) is 4.39 Å². The first-order chi connectivity index (χ1) is 13.5. The Morgan fingerprint density at radius 3 is 2.25 bits per heavy atom. The van der Waals surface area contributed by atoms with E-state index in [4.69, 9.17) is 4.74 Å². The van der Waals surface area contributed by atoms with E-state index in [9.17, 15) is 14.0 Å². The van der Waals surface area contributed by atoms with Gasteiger partial charge in [0.15, 0.2) is 0 Å². The van der Waals surface area contributed by atoms with Crippen molar-refractivity contribution in [1.82, 2.24) is 10.2 Å². The van der Waals surface area contributed by atoms with Crippen LogP contribution in [0.3, 0.4) is 0 Å². The van der Waals surface area contributed by atoms with Gasteiger partial charge in [0.05, 0.1) is 7.11 Å². The molecule has 1 fully saturated rings. The van der Waals surface area contributed by atoms with Gasteiger partial charge in [-0.3, -0.25) is 9.59 Å². The quantitative estimate of drug-likeness (QED) is 0.775. The van der Waals surface area contributed by atoms with E-state index < -0.39 is 0 Å². The number of piperazine rings is 1. The minimum absolute atomic E-state index is 0.175. The normalized spacial score (nSPS) is 13.9. The topological polar surface area (TPSA) is 61.9 Å². The van der Waals surface area contributed by atoms with Gasteiger partial charge < -0.3 is 19.9 Å². The average molecular weight is 385 g/mol. The van der Waals surface area contributed by atoms with Crippen LogP contribution in [0.4, 0.5) is 10.1 Å². The number of methoxy groups -OCH3 is 1. The lowest BCUT2D eigenvalue weighted by Gasteiger charge is -2.36. The Balaban J connectivity index is 1.42. The van der Waals surface area contributed by atoms with Crippen molar-refractivity contribution >= 4 is 17.5 Å². The molecule has 0 spiro atoms. The third-order valence-electron chi connectivity index (χ3n) is 4.78. The highest BCUT2D eigenvalue weighted by molar-refractivity contribution is 5.96. The third-order valence-corrected chi connectivity index (χ3v) is 4.78. The summed E-state index contributed by atoms with van der Waals surface area (Å²) in [4.78, 5) is 28.3. The molecule has 7 heteroatoms. The summed E-state index contributed by atoms with van der Waals surface area (Å²) in [7, 11) is 1.63. The van der Waals surface area contributed by atoms with Crippen molar-refractivity contribution in [2.75, 3.05) is 38.2 Å². The molecule has 2 aromatic rings. The Morgan fingerprint density at radius 1 is 1.00 bits per heavy atom. The van der Waals surface area contributed by atoms with E-state index in [2.05, 4.69) is 10.2 Å². The zero-order chi connectivity index (χ0) is 19.9. The van der Waals surface area contributed by atoms with Gasteiger partial charge >= 0.3 is 0 Å². The van der Waals surface area contributed by atoms with Crippen molar-refractivity contribution in [3.05, 3.63) is 59.9 Å². The van der Waals surface area contributed by atoms with E-state index in [1.54, 1.807) is 24.1 Å². The first kappa shape index (κ1) is 19.7. The molecule has 3 rings (SSSR count). The molecule has 0 saturated carbocycles. The number of nitrogens with one attached hydrogen (secondary N) is 1. The van der Waals surface area contributed by atoms with Gasteiger partial charge in [-0.05, 0) is 42.0 Å². The first-order valence-electron chi connectivity index (χ1n) is 9.23. The fourth-order valence-corrected chi connectivity index (χ4v) is 3.12. The number of anilines is 1. The van der Waals surface area contributed by atoms with Crippen molar-refractivity contribution in [1.29, 1.82) is 0 Å². The van der Waals surface area contributed by atoms with Gasteiger partial charge in [-0.2, -0.15) is 0 Å². The second-order valence-corrected chi connectivity index (χ2v) is 6.65. The molecule has 1 heterocycles. The summed E-state index contributed by atoms with van der Waals surface area (Å²) in [5.41, 5.74) is 1.88. The lowest BCUT2D eigenvalue weighted by molar-refractivity contribution is -0.136. The largest absolute Gasteiger partial charge is 0.497 e. The van der Waals surface area contributed by atoms with Gasteiger partial charge in [-0.1, -0.05) is 12.1 Å². The SMILES string of the molecule is COc1ccc(N2CCN(C(=O)CC(=O)NCc3ccc(F)cc3)CC2)cc1. The van der Waals surface area contributed by atoms with Crippen LogP contribution >= 0.6 is 0 Å². The van der Waals surface area contributed by atoms with Crippen molar-refractivity contribution in [2.45, 2.75) is 13.0 Å². The molecule has 0 radical (unpaired) electrons. The molecule has 1 aliphatic heterocycles. The number of carbonyl (C=O) groups excluding carboxylic acids is 2. The fraction of sp³-hybridized carbons (Fsp3) is 0.333. The van der Waals surface area contributed by atoms with Crippen LogP contribution in [0.1, 0.15) is 12.0 Å². The molecule has 6 nitrogen and oxygen atoms in total. The second-order valence-electron chi connectivity index (χ2n) is 6.65. The Bertz CT molecular complexity index is 801. The number of carbonyl (C=O) groups is 2. The maximum atomic E-state index is 12.9. The Morgan fingerprint density at radius 2 is 1.64 bits per heavy atom. The van der Waals surface area contributed by atoms with Crippen LogP contribution in [-0.4, -0.2) is 50.0 Å². The van der Waals surface area contributed by atoms with E-state index in [-0.39, 0.29) is 30.6 Å². The number of hydrogen-bond acceptors (Lipinski definition) is 4. The first-order valence-corrected chi connectivity index (χ1v) is 9.23. The third kappa shape index (κ3) is 5.22. The van der Waals surface area contributed by atoms with E-state index in [0.717, 1.165) is 30.1 Å². The number of rotatable bonds is 6. The number of amides is 2. The highest BCUT2D eigenvalue weighted by Gasteiger charge is 2.23. The zero-order valence-electron chi connectivity index (χ0n) is 15.9. The molecule has 0 aromatic heterocycles. The summed E-state index contributed by atoms with van der Waals surface area (Å²) < 4.78 is 18.1. The summed E-state index contributed by atoms with van der Waals surface area (Å²) in [5, 5.41) is 2.70. The maximum Gasteiger partial charge on any atom is 0.232 e. The second kappa shape index (κ2) is 9.21. The van der Waals surface area contributed by atoms with E-state index in [1.807, 2.05) is 24.3 Å². The van der Waals surface area contributed by atoms with E-state index in [0.29, 0.717) is 13.1 Å². The molecule has 2 amide bonds. The Labute approximate surface area is 163 Å². The van der Waals surface area contributed by atoms with E-state index >= 15 is 0 Å². The van der Waals surface area contributed by atoms with Gasteiger partial charge in [0, 0.05) is 38.4 Å². The molecule has 0 aliphatic carbocycles. The van der Waals surface area contributed by atoms with Gasteiger partial charge in [-0.15, -0.1) is 0 Å². The lowest BCUT2D eigenvalue weighted by atomic mass is 10.2. The van der Waals surface area contributed by atoms with Crippen molar-refractivity contribution in [2.24, 2.45) is 0 Å². The molecule has 2 aromatic carbocycles. The summed E-state index contributed by atoms with van der Waals surface area (Å²) in [6.45, 7) is 2.87. The smallest absolute Gasteiger partial charge is 0.232 e. The fourth-order valence-electron chi connectivity index (χ4n) is 3.12. The van der Waals surface area contributed by atoms with Gasteiger partial charge in [0.2, 0.25) is 11.8 Å². The van der Waals surface area contributed by atoms with Crippen LogP contribution in [-0.2, 0) is 16.1 Å². The van der Waals surface area contributed by atoms with Crippen LogP contribution < -0.4 is 15.0 Å². The van der Waals surface area contributed by atoms with Crippen LogP contribution in [0.15, 0.2) is 48.5 Å². The number of halogens is 1. The summed E-state index contributed by atoms with van der Waals surface area (Å²) in [6.07, 6.45) is -0.177. The van der Waals surface area contributed by atoms with Crippen molar-refractivity contribution in [3.63, 3.8) is 0 Å². The predicted octanol–water partition coefficient (Wildman–Crippen LogP) is 2.19. The van der Waals surface area contributed by atoms with Crippen LogP contribution in [0.2, 0.25) is 0 Å². The van der Waals surface area contributed by atoms with Crippen molar-refractivity contribution in [3.8, 4) is 5.75 Å². The van der Waals surface area contributed by atoms with Crippen LogP contribution in [0.25, 0.3) is 0 Å². The molecule has 0 bridgehead atoms. The zero-order valence-corrected chi connectivity index (χ0v) is 15.9. The molecule has 0 unspecified atom stereocenters. The minimum atomic E-state index is -0.327. The summed E-state index contributed by atoms with van der Waals surface area (Å²) in [6, 6.07) is 13.7. The summed E-state index contributed by atoms with van der Waals surface area (Å²) in [5.74, 6) is -0.0128. The van der Waals surface area contributed by atoms with Crippen LogP contribution in [0, 0.1) is 5.82 Å². The molecule has 1 N–H and O–H groups in total. The molecular formula is C21H24FN3O3. The molecule has 1 saturated heterocycles. The molecule has 148 valence electrons. The number of benzene rings is 2. The monoisotopic (exact) mass is 385 g/mol. The molecule has 0 atom stereocenters. The van der Waals surface area contributed by atoms with Crippen molar-refractivity contribution < 1.29 is 18.7 Å². The van der Waals surface area contributed by atoms with E-state index in [1.165, 1.54) is 12.1 Å². The number of hydrogen-bond donors (Lipinski definition) is 1. The highest BCUT2D eigenvalue weighted by atomic mass is 19.1. The maximum absolute atomic E-state index is 12.9. The predicted molar refractivity (Wildman–Crippen MR) is 105 cm³/mol. The molecule has 28 heavy (non-hydrogen) atoms. The molecule has 1 aliphatic rings. The van der Waals surface area contributed by atoms with Gasteiger partial charge in [0.25, 0.3) is 0 Å². The standard InChI is InChI=1S/C21H24FN3O3/c1-28-19-8-6-18(7-9-19)24-10-12-25(13-11-24)21(27)14-20(26)23-15-16-2-4-17(22)5-3-16/h2-9H,10-15H2,1H3,(H,23,26). The number of ether oxygens (including phenoxy) is 1.